The lowest BCUT2D eigenvalue weighted by molar-refractivity contribution is -0.143. The van der Waals surface area contributed by atoms with Gasteiger partial charge in [-0.2, -0.15) is 0 Å². The summed E-state index contributed by atoms with van der Waals surface area (Å²) in [6, 6.07) is 0. The van der Waals surface area contributed by atoms with E-state index in [1.54, 1.807) is 7.11 Å². The number of likely N-dealkylation sites (tertiary alicyclic amines) is 1. The van der Waals surface area contributed by atoms with Gasteiger partial charge in [0.05, 0.1) is 24.4 Å². The lowest BCUT2D eigenvalue weighted by atomic mass is 10.0. The summed E-state index contributed by atoms with van der Waals surface area (Å²) >= 11 is 0. The van der Waals surface area contributed by atoms with Gasteiger partial charge in [0.2, 0.25) is 11.8 Å². The molecule has 126 valence electrons. The van der Waals surface area contributed by atoms with Crippen molar-refractivity contribution in [3.8, 4) is 0 Å². The number of imide groups is 1. The Kier molecular flexibility index (Phi) is 6.26. The van der Waals surface area contributed by atoms with E-state index in [-0.39, 0.29) is 49.0 Å². The minimum Gasteiger partial charge on any atom is -0.379 e. The van der Waals surface area contributed by atoms with E-state index in [1.165, 1.54) is 0 Å². The molecule has 1 fully saturated rings. The summed E-state index contributed by atoms with van der Waals surface area (Å²) in [4.78, 5) is 36.1. The third-order valence-electron chi connectivity index (χ3n) is 3.86. The second kappa shape index (κ2) is 7.33. The molecule has 0 spiro atoms. The molecule has 6 heteroatoms. The van der Waals surface area contributed by atoms with Crippen molar-refractivity contribution in [3.63, 3.8) is 0 Å². The van der Waals surface area contributed by atoms with Crippen LogP contribution in [0.3, 0.4) is 0 Å². The van der Waals surface area contributed by atoms with Gasteiger partial charge in [0.25, 0.3) is 0 Å². The van der Waals surface area contributed by atoms with Crippen molar-refractivity contribution in [2.75, 3.05) is 20.3 Å². The maximum absolute atomic E-state index is 12.1. The molecule has 0 aromatic rings. The Labute approximate surface area is 132 Å². The van der Waals surface area contributed by atoms with E-state index < -0.39 is 5.60 Å². The number of hydrogen-bond acceptors (Lipinski definition) is 5. The van der Waals surface area contributed by atoms with Crippen molar-refractivity contribution < 1.29 is 23.9 Å². The Morgan fingerprint density at radius 1 is 1.09 bits per heavy atom. The minimum atomic E-state index is -0.632. The first-order chi connectivity index (χ1) is 10.1. The number of Topliss-reactive ketones (excluding diaryl/α,β-unsaturated/α-hetero) is 1. The summed E-state index contributed by atoms with van der Waals surface area (Å²) in [5.74, 6) is -0.697. The van der Waals surface area contributed by atoms with Crippen LogP contribution in [0, 0.1) is 0 Å². The Morgan fingerprint density at radius 3 is 2.14 bits per heavy atom. The summed E-state index contributed by atoms with van der Waals surface area (Å²) in [6.07, 6.45) is 1.29. The molecule has 1 aliphatic heterocycles. The number of rotatable bonds is 9. The predicted octanol–water partition coefficient (Wildman–Crippen LogP) is 1.70. The maximum atomic E-state index is 12.1. The van der Waals surface area contributed by atoms with Crippen LogP contribution in [0.2, 0.25) is 0 Å². The van der Waals surface area contributed by atoms with E-state index in [1.807, 2.05) is 27.7 Å². The van der Waals surface area contributed by atoms with Crippen molar-refractivity contribution in [1.29, 1.82) is 0 Å². The first kappa shape index (κ1) is 18.8. The van der Waals surface area contributed by atoms with Gasteiger partial charge in [-0.1, -0.05) is 0 Å². The molecule has 1 heterocycles. The smallest absolute Gasteiger partial charge is 0.230 e. The highest BCUT2D eigenvalue weighted by Gasteiger charge is 2.32. The average molecular weight is 313 g/mol. The van der Waals surface area contributed by atoms with Gasteiger partial charge >= 0.3 is 0 Å². The molecule has 22 heavy (non-hydrogen) atoms. The standard InChI is InChI=1S/C16H27NO5/c1-15(2,21-5)8-9-22-16(3,4)10-12(18)11-17-13(19)6-7-14(17)20/h6-11H2,1-5H3. The minimum absolute atomic E-state index is 0.145. The largest absolute Gasteiger partial charge is 0.379 e. The fourth-order valence-electron chi connectivity index (χ4n) is 2.23. The van der Waals surface area contributed by atoms with Crippen LogP contribution in [0.4, 0.5) is 0 Å². The molecule has 1 saturated heterocycles. The Balaban J connectivity index is 2.41. The molecule has 0 radical (unpaired) electrons. The molecular formula is C16H27NO5. The van der Waals surface area contributed by atoms with Crippen LogP contribution in [0.15, 0.2) is 0 Å². The predicted molar refractivity (Wildman–Crippen MR) is 81.3 cm³/mol. The van der Waals surface area contributed by atoms with Crippen LogP contribution >= 0.6 is 0 Å². The van der Waals surface area contributed by atoms with Gasteiger partial charge in [0, 0.05) is 26.4 Å². The summed E-state index contributed by atoms with van der Waals surface area (Å²) in [5.41, 5.74) is -0.902. The number of methoxy groups -OCH3 is 1. The number of ketones is 1. The highest BCUT2D eigenvalue weighted by atomic mass is 16.5. The molecule has 0 atom stereocenters. The van der Waals surface area contributed by atoms with E-state index in [0.29, 0.717) is 13.0 Å². The van der Waals surface area contributed by atoms with E-state index >= 15 is 0 Å². The number of nitrogens with zero attached hydrogens (tertiary/aromatic N) is 1. The van der Waals surface area contributed by atoms with Crippen LogP contribution in [0.25, 0.3) is 0 Å². The van der Waals surface area contributed by atoms with Crippen molar-refractivity contribution >= 4 is 17.6 Å². The molecular weight excluding hydrogens is 286 g/mol. The Hall–Kier alpha value is -1.27. The highest BCUT2D eigenvalue weighted by molar-refractivity contribution is 6.04. The molecule has 0 aromatic carbocycles. The zero-order valence-electron chi connectivity index (χ0n) is 14.2. The molecule has 0 bridgehead atoms. The maximum Gasteiger partial charge on any atom is 0.230 e. The van der Waals surface area contributed by atoms with E-state index in [2.05, 4.69) is 0 Å². The quantitative estimate of drug-likeness (QED) is 0.606. The molecule has 2 amide bonds. The SMILES string of the molecule is COC(C)(C)CCOC(C)(C)CC(=O)CN1C(=O)CCC1=O. The molecule has 0 saturated carbocycles. The molecule has 0 unspecified atom stereocenters. The summed E-state index contributed by atoms with van der Waals surface area (Å²) in [5, 5.41) is 0. The van der Waals surface area contributed by atoms with Gasteiger partial charge in [-0.05, 0) is 34.1 Å². The number of carbonyl (C=O) groups excluding carboxylic acids is 3. The molecule has 1 aliphatic rings. The summed E-state index contributed by atoms with van der Waals surface area (Å²) in [7, 11) is 1.65. The number of hydrogen-bond donors (Lipinski definition) is 0. The van der Waals surface area contributed by atoms with Crippen LogP contribution in [-0.4, -0.2) is 54.0 Å². The number of amides is 2. The van der Waals surface area contributed by atoms with E-state index in [9.17, 15) is 14.4 Å². The lowest BCUT2D eigenvalue weighted by Crippen LogP contribution is -2.38. The third kappa shape index (κ3) is 5.85. The van der Waals surface area contributed by atoms with Gasteiger partial charge < -0.3 is 9.47 Å². The zero-order chi connectivity index (χ0) is 17.0. The number of carbonyl (C=O) groups is 3. The average Bonchev–Trinajstić information content (AvgIpc) is 2.69. The van der Waals surface area contributed by atoms with Crippen molar-refractivity contribution in [2.24, 2.45) is 0 Å². The normalized spacial score (nSPS) is 16.5. The summed E-state index contributed by atoms with van der Waals surface area (Å²) < 4.78 is 11.1. The molecule has 6 nitrogen and oxygen atoms in total. The van der Waals surface area contributed by atoms with Gasteiger partial charge in [-0.3, -0.25) is 19.3 Å². The highest BCUT2D eigenvalue weighted by Crippen LogP contribution is 2.20. The van der Waals surface area contributed by atoms with Crippen molar-refractivity contribution in [2.45, 2.75) is 64.6 Å². The molecule has 0 N–H and O–H groups in total. The molecule has 0 aromatic heterocycles. The zero-order valence-corrected chi connectivity index (χ0v) is 14.2. The monoisotopic (exact) mass is 313 g/mol. The van der Waals surface area contributed by atoms with E-state index in [4.69, 9.17) is 9.47 Å². The fourth-order valence-corrected chi connectivity index (χ4v) is 2.23. The van der Waals surface area contributed by atoms with Gasteiger partial charge in [0.15, 0.2) is 5.78 Å². The Morgan fingerprint density at radius 2 is 1.64 bits per heavy atom. The van der Waals surface area contributed by atoms with E-state index in [0.717, 1.165) is 4.90 Å². The second-order valence-corrected chi connectivity index (χ2v) is 6.91. The first-order valence-electron chi connectivity index (χ1n) is 7.60. The van der Waals surface area contributed by atoms with Gasteiger partial charge in [-0.25, -0.2) is 0 Å². The number of ether oxygens (including phenoxy) is 2. The molecule has 0 aliphatic carbocycles. The van der Waals surface area contributed by atoms with Gasteiger partial charge in [0.1, 0.15) is 0 Å². The molecule has 1 rings (SSSR count). The van der Waals surface area contributed by atoms with Crippen molar-refractivity contribution in [1.82, 2.24) is 4.90 Å². The topological polar surface area (TPSA) is 72.9 Å². The lowest BCUT2D eigenvalue weighted by Gasteiger charge is -2.28. The van der Waals surface area contributed by atoms with Crippen LogP contribution in [0.5, 0.6) is 0 Å². The van der Waals surface area contributed by atoms with Crippen LogP contribution in [0.1, 0.15) is 53.4 Å². The fraction of sp³-hybridized carbons (Fsp3) is 0.812. The second-order valence-electron chi connectivity index (χ2n) is 6.91. The van der Waals surface area contributed by atoms with Gasteiger partial charge in [-0.15, -0.1) is 0 Å². The van der Waals surface area contributed by atoms with Crippen molar-refractivity contribution in [3.05, 3.63) is 0 Å². The summed E-state index contributed by atoms with van der Waals surface area (Å²) in [6.45, 7) is 7.94. The van der Waals surface area contributed by atoms with Crippen LogP contribution < -0.4 is 0 Å². The Bertz CT molecular complexity index is 426. The van der Waals surface area contributed by atoms with Crippen LogP contribution in [-0.2, 0) is 23.9 Å². The first-order valence-corrected chi connectivity index (χ1v) is 7.60. The third-order valence-corrected chi connectivity index (χ3v) is 3.86.